The summed E-state index contributed by atoms with van der Waals surface area (Å²) in [5.74, 6) is -0.954. The largest absolute Gasteiger partial charge is 0.512 e. The lowest BCUT2D eigenvalue weighted by Gasteiger charge is -2.42. The Morgan fingerprint density at radius 3 is 2.55 bits per heavy atom. The average Bonchev–Trinajstić information content (AvgIpc) is 3.41. The van der Waals surface area contributed by atoms with E-state index in [2.05, 4.69) is 11.1 Å². The zero-order chi connectivity index (χ0) is 28.1. The topological polar surface area (TPSA) is 109 Å². The van der Waals surface area contributed by atoms with Gasteiger partial charge in [0, 0.05) is 29.8 Å². The lowest BCUT2D eigenvalue weighted by molar-refractivity contribution is -0.167. The summed E-state index contributed by atoms with van der Waals surface area (Å²) < 4.78 is 33.7. The maximum atomic E-state index is 14.9. The molecule has 8 heteroatoms. The van der Waals surface area contributed by atoms with Crippen LogP contribution in [-0.4, -0.2) is 35.6 Å². The average molecular weight is 528 g/mol. The number of nitriles is 1. The molecule has 1 aliphatic carbocycles. The van der Waals surface area contributed by atoms with Gasteiger partial charge in [-0.15, -0.1) is 0 Å². The van der Waals surface area contributed by atoms with Crippen LogP contribution >= 0.6 is 0 Å². The van der Waals surface area contributed by atoms with Crippen molar-refractivity contribution in [1.82, 2.24) is 0 Å². The van der Waals surface area contributed by atoms with Crippen LogP contribution in [0.5, 0.6) is 0 Å². The number of rotatable bonds is 10. The number of allylic oxidation sites excluding steroid dienone is 2. The SMILES string of the molecule is CC(=NCCF)C(CC1=C(O)CC(CCc2ccc(C(C)(C)C#N)c(F)c2)(C2CCCC2)OC1=O)=C(C)N. The van der Waals surface area contributed by atoms with E-state index in [1.54, 1.807) is 33.8 Å². The van der Waals surface area contributed by atoms with Gasteiger partial charge in [-0.3, -0.25) is 4.99 Å². The van der Waals surface area contributed by atoms with Crippen molar-refractivity contribution in [3.63, 3.8) is 0 Å². The first-order chi connectivity index (χ1) is 17.9. The second kappa shape index (κ2) is 12.1. The highest BCUT2D eigenvalue weighted by molar-refractivity contribution is 6.01. The number of aliphatic hydroxyl groups excluding tert-OH is 1. The third kappa shape index (κ3) is 6.43. The number of nitrogens with two attached hydrogens (primary N) is 1. The number of carbonyl (C=O) groups excluding carboxylic acids is 1. The Bertz CT molecular complexity index is 1190. The summed E-state index contributed by atoms with van der Waals surface area (Å²) >= 11 is 0. The van der Waals surface area contributed by atoms with Crippen molar-refractivity contribution in [2.24, 2.45) is 16.6 Å². The molecule has 206 valence electrons. The second-order valence-corrected chi connectivity index (χ2v) is 11.1. The van der Waals surface area contributed by atoms with E-state index in [-0.39, 0.29) is 36.6 Å². The summed E-state index contributed by atoms with van der Waals surface area (Å²) in [6.45, 7) is 6.14. The summed E-state index contributed by atoms with van der Waals surface area (Å²) in [6.07, 6.45) is 4.96. The third-order valence-electron chi connectivity index (χ3n) is 7.98. The second-order valence-electron chi connectivity index (χ2n) is 11.1. The van der Waals surface area contributed by atoms with E-state index in [1.807, 2.05) is 6.07 Å². The van der Waals surface area contributed by atoms with Gasteiger partial charge in [0.1, 0.15) is 23.9 Å². The molecule has 1 saturated carbocycles. The van der Waals surface area contributed by atoms with Crippen LogP contribution in [0.3, 0.4) is 0 Å². The number of alkyl halides is 1. The Hall–Kier alpha value is -3.21. The highest BCUT2D eigenvalue weighted by Gasteiger charge is 2.48. The molecule has 6 nitrogen and oxygen atoms in total. The number of halogens is 2. The fourth-order valence-electron chi connectivity index (χ4n) is 5.66. The van der Waals surface area contributed by atoms with Gasteiger partial charge in [-0.2, -0.15) is 5.26 Å². The molecule has 1 aromatic rings. The number of hydrogen-bond donors (Lipinski definition) is 2. The highest BCUT2D eigenvalue weighted by atomic mass is 19.1. The molecule has 0 radical (unpaired) electrons. The standard InChI is InChI=1S/C30H39F2N3O3/c1-19(34)23(20(2)35-14-13-31)16-24-27(36)17-30(38-28(24)37,22-7-5-6-8-22)12-11-21-9-10-25(26(32)15-21)29(3,4)18-33/h9-10,15,22,36H,5-8,11-14,16-17,34H2,1-4H3. The normalized spacial score (nSPS) is 21.8. The summed E-state index contributed by atoms with van der Waals surface area (Å²) in [4.78, 5) is 17.5. The molecule has 1 atom stereocenters. The summed E-state index contributed by atoms with van der Waals surface area (Å²) in [7, 11) is 0. The first-order valence-corrected chi connectivity index (χ1v) is 13.3. The van der Waals surface area contributed by atoms with Gasteiger partial charge in [0.15, 0.2) is 0 Å². The number of nitrogens with zero attached hydrogens (tertiary/aromatic N) is 2. The number of aryl methyl sites for hydroxylation is 1. The molecule has 1 fully saturated rings. The quantitative estimate of drug-likeness (QED) is 0.274. The molecule has 1 aromatic carbocycles. The minimum absolute atomic E-state index is 0.00152. The van der Waals surface area contributed by atoms with Crippen LogP contribution in [0, 0.1) is 23.1 Å². The minimum atomic E-state index is -0.941. The van der Waals surface area contributed by atoms with Crippen molar-refractivity contribution < 1.29 is 23.4 Å². The van der Waals surface area contributed by atoms with Crippen LogP contribution in [0.4, 0.5) is 8.78 Å². The Balaban J connectivity index is 1.87. The molecule has 0 aromatic heterocycles. The third-order valence-corrected chi connectivity index (χ3v) is 7.98. The number of benzene rings is 1. The zero-order valence-electron chi connectivity index (χ0n) is 22.9. The van der Waals surface area contributed by atoms with Crippen molar-refractivity contribution in [3.8, 4) is 6.07 Å². The molecule has 1 heterocycles. The van der Waals surface area contributed by atoms with Crippen molar-refractivity contribution in [3.05, 3.63) is 57.7 Å². The summed E-state index contributed by atoms with van der Waals surface area (Å²) in [5.41, 5.74) is 6.97. The molecule has 0 amide bonds. The number of aliphatic hydroxyl groups is 1. The van der Waals surface area contributed by atoms with E-state index >= 15 is 0 Å². The fraction of sp³-hybridized carbons (Fsp3) is 0.567. The van der Waals surface area contributed by atoms with Gasteiger partial charge in [-0.25, -0.2) is 13.6 Å². The van der Waals surface area contributed by atoms with Crippen molar-refractivity contribution >= 4 is 11.7 Å². The number of hydrogen-bond acceptors (Lipinski definition) is 6. The molecule has 38 heavy (non-hydrogen) atoms. The van der Waals surface area contributed by atoms with E-state index in [4.69, 9.17) is 10.5 Å². The van der Waals surface area contributed by atoms with E-state index in [0.717, 1.165) is 31.2 Å². The molecule has 0 saturated heterocycles. The van der Waals surface area contributed by atoms with Gasteiger partial charge in [0.05, 0.1) is 23.6 Å². The van der Waals surface area contributed by atoms with E-state index < -0.39 is 29.5 Å². The fourth-order valence-corrected chi connectivity index (χ4v) is 5.66. The molecule has 3 N–H and O–H groups in total. The van der Waals surface area contributed by atoms with Gasteiger partial charge in [-0.1, -0.05) is 25.0 Å². The lowest BCUT2D eigenvalue weighted by Crippen LogP contribution is -2.46. The Morgan fingerprint density at radius 2 is 2.00 bits per heavy atom. The van der Waals surface area contributed by atoms with Gasteiger partial charge < -0.3 is 15.6 Å². The predicted octanol–water partition coefficient (Wildman–Crippen LogP) is 6.30. The van der Waals surface area contributed by atoms with Crippen LogP contribution in [0.1, 0.15) is 83.8 Å². The molecular formula is C30H39F2N3O3. The van der Waals surface area contributed by atoms with Gasteiger partial charge in [0.25, 0.3) is 0 Å². The molecule has 3 rings (SSSR count). The van der Waals surface area contributed by atoms with Crippen LogP contribution in [-0.2, 0) is 21.4 Å². The van der Waals surface area contributed by atoms with Crippen LogP contribution in [0.25, 0.3) is 0 Å². The number of ether oxygens (including phenoxy) is 1. The zero-order valence-corrected chi connectivity index (χ0v) is 22.9. The van der Waals surface area contributed by atoms with E-state index in [1.165, 1.54) is 6.07 Å². The van der Waals surface area contributed by atoms with Crippen molar-refractivity contribution in [2.45, 2.75) is 90.1 Å². The smallest absolute Gasteiger partial charge is 0.338 e. The van der Waals surface area contributed by atoms with Crippen molar-refractivity contribution in [1.29, 1.82) is 5.26 Å². The Kier molecular flexibility index (Phi) is 9.35. The molecule has 1 aliphatic heterocycles. The lowest BCUT2D eigenvalue weighted by atomic mass is 9.76. The van der Waals surface area contributed by atoms with Crippen LogP contribution < -0.4 is 5.73 Å². The molecule has 0 bridgehead atoms. The van der Waals surface area contributed by atoms with E-state index in [9.17, 15) is 23.9 Å². The first-order valence-electron chi connectivity index (χ1n) is 13.3. The first kappa shape index (κ1) is 29.3. The van der Waals surface area contributed by atoms with Gasteiger partial charge in [-0.05, 0) is 76.5 Å². The molecule has 2 aliphatic rings. The Labute approximate surface area is 224 Å². The van der Waals surface area contributed by atoms with Crippen molar-refractivity contribution in [2.75, 3.05) is 13.2 Å². The maximum Gasteiger partial charge on any atom is 0.338 e. The summed E-state index contributed by atoms with van der Waals surface area (Å²) in [6, 6.07) is 7.04. The van der Waals surface area contributed by atoms with Gasteiger partial charge >= 0.3 is 5.97 Å². The number of cyclic esters (lactones) is 1. The Morgan fingerprint density at radius 1 is 1.32 bits per heavy atom. The van der Waals surface area contributed by atoms with E-state index in [0.29, 0.717) is 35.4 Å². The van der Waals surface area contributed by atoms with Crippen LogP contribution in [0.2, 0.25) is 0 Å². The number of esters is 1. The number of carbonyl (C=O) groups is 1. The molecular weight excluding hydrogens is 488 g/mol. The predicted molar refractivity (Wildman–Crippen MR) is 144 cm³/mol. The van der Waals surface area contributed by atoms with Crippen LogP contribution in [0.15, 0.2) is 45.8 Å². The minimum Gasteiger partial charge on any atom is -0.512 e. The number of aliphatic imine (C=N–C) groups is 1. The van der Waals surface area contributed by atoms with Gasteiger partial charge in [0.2, 0.25) is 0 Å². The molecule has 0 spiro atoms. The maximum absolute atomic E-state index is 14.9. The monoisotopic (exact) mass is 527 g/mol. The molecule has 1 unspecified atom stereocenters. The summed E-state index contributed by atoms with van der Waals surface area (Å²) in [5, 5.41) is 20.5. The highest BCUT2D eigenvalue weighted by Crippen LogP contribution is 2.46.